The van der Waals surface area contributed by atoms with Gasteiger partial charge in [0, 0.05) is 18.7 Å². The van der Waals surface area contributed by atoms with Crippen LogP contribution in [0.4, 0.5) is 4.79 Å². The van der Waals surface area contributed by atoms with Gasteiger partial charge in [0.15, 0.2) is 0 Å². The molecule has 26 heavy (non-hydrogen) atoms. The predicted molar refractivity (Wildman–Crippen MR) is 97.7 cm³/mol. The molecule has 2 unspecified atom stereocenters. The molecule has 2 aromatic rings. The maximum Gasteiger partial charge on any atom is 0.333 e. The zero-order valence-corrected chi connectivity index (χ0v) is 15.3. The van der Waals surface area contributed by atoms with Gasteiger partial charge in [-0.3, -0.25) is 10.2 Å². The van der Waals surface area contributed by atoms with E-state index in [1.807, 2.05) is 19.9 Å². The van der Waals surface area contributed by atoms with Gasteiger partial charge in [0.2, 0.25) is 0 Å². The van der Waals surface area contributed by atoms with Crippen molar-refractivity contribution in [3.05, 3.63) is 29.6 Å². The van der Waals surface area contributed by atoms with Crippen molar-refractivity contribution < 1.29 is 14.3 Å². The number of urea groups is 1. The Bertz CT molecular complexity index is 811. The number of fused-ring (bicyclic) bond motifs is 1. The summed E-state index contributed by atoms with van der Waals surface area (Å²) in [4.78, 5) is 28.7. The number of aryl methyl sites for hydroxylation is 2. The third-order valence-electron chi connectivity index (χ3n) is 4.69. The first-order valence-corrected chi connectivity index (χ1v) is 8.95. The van der Waals surface area contributed by atoms with Crippen LogP contribution in [0, 0.1) is 6.92 Å². The van der Waals surface area contributed by atoms with Crippen LogP contribution < -0.4 is 16.2 Å². The summed E-state index contributed by atoms with van der Waals surface area (Å²) in [5.74, 6) is 0.510. The van der Waals surface area contributed by atoms with E-state index in [0.29, 0.717) is 5.56 Å². The fraction of sp³-hybridized carbons (Fsp3) is 0.500. The largest absolute Gasteiger partial charge is 0.376 e. The Morgan fingerprint density at radius 1 is 1.38 bits per heavy atom. The molecule has 1 saturated heterocycles. The van der Waals surface area contributed by atoms with Crippen molar-refractivity contribution >= 4 is 23.0 Å². The topological polar surface area (TPSA) is 97.3 Å². The number of aromatic nitrogens is 2. The lowest BCUT2D eigenvalue weighted by Gasteiger charge is -2.20. The van der Waals surface area contributed by atoms with Crippen molar-refractivity contribution in [2.24, 2.45) is 0 Å². The van der Waals surface area contributed by atoms with Crippen LogP contribution in [0.2, 0.25) is 0 Å². The lowest BCUT2D eigenvalue weighted by Crippen LogP contribution is -2.51. The zero-order valence-electron chi connectivity index (χ0n) is 15.3. The summed E-state index contributed by atoms with van der Waals surface area (Å²) in [6, 6.07) is 4.73. The second-order valence-electron chi connectivity index (χ2n) is 6.50. The second kappa shape index (κ2) is 7.74. The summed E-state index contributed by atoms with van der Waals surface area (Å²) in [5.41, 5.74) is 6.98. The normalized spacial score (nSPS) is 17.9. The highest BCUT2D eigenvalue weighted by Gasteiger charge is 2.23. The molecule has 1 aliphatic rings. The summed E-state index contributed by atoms with van der Waals surface area (Å²) in [7, 11) is 0. The van der Waals surface area contributed by atoms with Crippen molar-refractivity contribution in [3.8, 4) is 0 Å². The molecule has 3 rings (SSSR count). The Kier molecular flexibility index (Phi) is 5.41. The lowest BCUT2D eigenvalue weighted by molar-refractivity contribution is 0.0849. The van der Waals surface area contributed by atoms with Crippen LogP contribution in [0.5, 0.6) is 0 Å². The minimum atomic E-state index is -0.464. The highest BCUT2D eigenvalue weighted by molar-refractivity contribution is 5.98. The first-order valence-electron chi connectivity index (χ1n) is 8.95. The van der Waals surface area contributed by atoms with Gasteiger partial charge in [-0.15, -0.1) is 0 Å². The van der Waals surface area contributed by atoms with E-state index in [0.717, 1.165) is 42.9 Å². The van der Waals surface area contributed by atoms with Crippen LogP contribution in [-0.2, 0) is 11.3 Å². The minimum Gasteiger partial charge on any atom is -0.376 e. The molecular formula is C18H25N5O3. The van der Waals surface area contributed by atoms with Gasteiger partial charge in [0.1, 0.15) is 5.82 Å². The van der Waals surface area contributed by atoms with Gasteiger partial charge in [0.25, 0.3) is 5.91 Å². The summed E-state index contributed by atoms with van der Waals surface area (Å²) in [5, 5.41) is 2.77. The van der Waals surface area contributed by atoms with Crippen LogP contribution in [0.1, 0.15) is 42.9 Å². The van der Waals surface area contributed by atoms with E-state index in [1.54, 1.807) is 12.1 Å². The summed E-state index contributed by atoms with van der Waals surface area (Å²) < 4.78 is 7.61. The second-order valence-corrected chi connectivity index (χ2v) is 6.50. The van der Waals surface area contributed by atoms with E-state index in [2.05, 4.69) is 32.6 Å². The number of nitrogens with zero attached hydrogens (tertiary/aromatic N) is 2. The lowest BCUT2D eigenvalue weighted by atomic mass is 10.1. The van der Waals surface area contributed by atoms with E-state index in [-0.39, 0.29) is 12.1 Å². The molecule has 3 amide bonds. The van der Waals surface area contributed by atoms with Gasteiger partial charge in [-0.25, -0.2) is 15.2 Å². The number of rotatable bonds is 4. The van der Waals surface area contributed by atoms with Gasteiger partial charge in [-0.2, -0.15) is 0 Å². The SMILES string of the molecule is CCn1c(C)nc2cc(C(=O)NNC(=O)NC(C)C3CCCO3)ccc21. The number of carbonyl (C=O) groups is 2. The highest BCUT2D eigenvalue weighted by Crippen LogP contribution is 2.18. The van der Waals surface area contributed by atoms with Gasteiger partial charge >= 0.3 is 6.03 Å². The van der Waals surface area contributed by atoms with Crippen LogP contribution in [0.3, 0.4) is 0 Å². The maximum absolute atomic E-state index is 12.3. The van der Waals surface area contributed by atoms with Crippen molar-refractivity contribution in [1.29, 1.82) is 0 Å². The van der Waals surface area contributed by atoms with Crippen LogP contribution in [0.15, 0.2) is 18.2 Å². The maximum atomic E-state index is 12.3. The molecule has 1 fully saturated rings. The molecule has 8 nitrogen and oxygen atoms in total. The van der Waals surface area contributed by atoms with Gasteiger partial charge < -0.3 is 14.6 Å². The number of benzene rings is 1. The molecule has 0 radical (unpaired) electrons. The molecule has 0 spiro atoms. The molecule has 1 aromatic heterocycles. The third kappa shape index (κ3) is 3.80. The van der Waals surface area contributed by atoms with E-state index in [1.165, 1.54) is 0 Å². The zero-order chi connectivity index (χ0) is 18.7. The summed E-state index contributed by atoms with van der Waals surface area (Å²) in [6.45, 7) is 7.42. The molecule has 1 aliphatic heterocycles. The molecule has 2 atom stereocenters. The molecule has 2 heterocycles. The number of hydrazine groups is 1. The summed E-state index contributed by atoms with van der Waals surface area (Å²) >= 11 is 0. The minimum absolute atomic E-state index is 0.0239. The van der Waals surface area contributed by atoms with E-state index >= 15 is 0 Å². The number of nitrogens with one attached hydrogen (secondary N) is 3. The molecule has 0 saturated carbocycles. The van der Waals surface area contributed by atoms with Crippen molar-refractivity contribution in [3.63, 3.8) is 0 Å². The quantitative estimate of drug-likeness (QED) is 0.726. The Morgan fingerprint density at radius 3 is 2.88 bits per heavy atom. The third-order valence-corrected chi connectivity index (χ3v) is 4.69. The van der Waals surface area contributed by atoms with E-state index in [9.17, 15) is 9.59 Å². The van der Waals surface area contributed by atoms with Crippen molar-refractivity contribution in [2.45, 2.75) is 52.3 Å². The number of hydrogen-bond acceptors (Lipinski definition) is 4. The van der Waals surface area contributed by atoms with Gasteiger partial charge in [-0.1, -0.05) is 0 Å². The standard InChI is InChI=1S/C18H25N5O3/c1-4-23-12(3)20-14-10-13(7-8-15(14)23)17(24)21-22-18(25)19-11(2)16-6-5-9-26-16/h7-8,10-11,16H,4-6,9H2,1-3H3,(H,21,24)(H2,19,22,25). The van der Waals surface area contributed by atoms with Crippen molar-refractivity contribution in [1.82, 2.24) is 25.7 Å². The fourth-order valence-corrected chi connectivity index (χ4v) is 3.31. The molecule has 8 heteroatoms. The number of imidazole rings is 1. The first kappa shape index (κ1) is 18.2. The average molecular weight is 359 g/mol. The monoisotopic (exact) mass is 359 g/mol. The molecule has 0 aliphatic carbocycles. The summed E-state index contributed by atoms with van der Waals surface area (Å²) in [6.07, 6.45) is 1.96. The molecule has 3 N–H and O–H groups in total. The molecular weight excluding hydrogens is 334 g/mol. The molecule has 1 aromatic carbocycles. The predicted octanol–water partition coefficient (Wildman–Crippen LogP) is 1.88. The number of amides is 3. The smallest absolute Gasteiger partial charge is 0.333 e. The Labute approximate surface area is 152 Å². The van der Waals surface area contributed by atoms with Crippen LogP contribution >= 0.6 is 0 Å². The Morgan fingerprint density at radius 2 is 2.19 bits per heavy atom. The molecule has 0 bridgehead atoms. The van der Waals surface area contributed by atoms with Gasteiger partial charge in [-0.05, 0) is 51.8 Å². The fourth-order valence-electron chi connectivity index (χ4n) is 3.31. The Hall–Kier alpha value is -2.61. The van der Waals surface area contributed by atoms with Crippen molar-refractivity contribution in [2.75, 3.05) is 6.61 Å². The number of ether oxygens (including phenoxy) is 1. The molecule has 140 valence electrons. The average Bonchev–Trinajstić information content (AvgIpc) is 3.25. The van der Waals surface area contributed by atoms with Gasteiger partial charge in [0.05, 0.1) is 23.2 Å². The van der Waals surface area contributed by atoms with E-state index in [4.69, 9.17) is 4.74 Å². The van der Waals surface area contributed by atoms with Crippen LogP contribution in [-0.4, -0.2) is 40.2 Å². The highest BCUT2D eigenvalue weighted by atomic mass is 16.5. The number of hydrogen-bond donors (Lipinski definition) is 3. The van der Waals surface area contributed by atoms with Crippen LogP contribution in [0.25, 0.3) is 11.0 Å². The first-order chi connectivity index (χ1) is 12.5. The number of carbonyl (C=O) groups excluding carboxylic acids is 2. The van der Waals surface area contributed by atoms with E-state index < -0.39 is 11.9 Å². The Balaban J connectivity index is 1.57.